The molecule has 158 valence electrons. The minimum absolute atomic E-state index is 0.0799. The predicted molar refractivity (Wildman–Crippen MR) is 119 cm³/mol. The van der Waals surface area contributed by atoms with Crippen LogP contribution in [0.1, 0.15) is 45.4 Å². The monoisotopic (exact) mass is 454 g/mol. The van der Waals surface area contributed by atoms with Gasteiger partial charge in [0.05, 0.1) is 21.7 Å². The molecule has 0 unspecified atom stereocenters. The summed E-state index contributed by atoms with van der Waals surface area (Å²) in [5, 5.41) is 17.8. The Kier molecular flexibility index (Phi) is 7.49. The standard InChI is InChI=1S/C18H26N6O2S3/c1-3-5-9-20-17-22-23-18(28-17)27-12-16-21-14-11-13(29(19,25)26)7-8-15(14)24(16)10-6-4-2/h7-8,11H,3-6,9-10,12H2,1-2H3,(H,20,22)(H2,19,25,26). The molecule has 29 heavy (non-hydrogen) atoms. The molecule has 0 radical (unpaired) electrons. The topological polar surface area (TPSA) is 116 Å². The lowest BCUT2D eigenvalue weighted by atomic mass is 10.3. The first kappa shape index (κ1) is 22.0. The van der Waals surface area contributed by atoms with E-state index in [1.807, 2.05) is 0 Å². The number of sulfonamides is 1. The molecular weight excluding hydrogens is 428 g/mol. The molecule has 0 amide bonds. The van der Waals surface area contributed by atoms with Crippen LogP contribution in [-0.2, 0) is 22.3 Å². The van der Waals surface area contributed by atoms with E-state index in [1.165, 1.54) is 17.4 Å². The van der Waals surface area contributed by atoms with Gasteiger partial charge in [-0.1, -0.05) is 49.8 Å². The Bertz CT molecular complexity index is 1060. The Hall–Kier alpha value is -1.69. The van der Waals surface area contributed by atoms with E-state index in [2.05, 4.69) is 38.9 Å². The summed E-state index contributed by atoms with van der Waals surface area (Å²) in [6.45, 7) is 6.02. The number of hydrogen-bond acceptors (Lipinski definition) is 8. The van der Waals surface area contributed by atoms with Crippen LogP contribution < -0.4 is 10.5 Å². The molecule has 0 saturated heterocycles. The molecule has 1 aromatic carbocycles. The van der Waals surface area contributed by atoms with Crippen LogP contribution in [-0.4, -0.2) is 34.7 Å². The lowest BCUT2D eigenvalue weighted by Crippen LogP contribution is -2.11. The van der Waals surface area contributed by atoms with Crippen LogP contribution in [0.5, 0.6) is 0 Å². The first-order chi connectivity index (χ1) is 13.9. The van der Waals surface area contributed by atoms with Gasteiger partial charge in [0, 0.05) is 13.1 Å². The molecule has 0 saturated carbocycles. The van der Waals surface area contributed by atoms with Crippen LogP contribution in [0.25, 0.3) is 11.0 Å². The number of nitrogens with one attached hydrogen (secondary N) is 1. The first-order valence-electron chi connectivity index (χ1n) is 9.64. The number of anilines is 1. The SMILES string of the molecule is CCCCNc1nnc(SCc2nc3cc(S(N)(=O)=O)ccc3n2CCCC)s1. The quantitative estimate of drug-likeness (QED) is 0.334. The lowest BCUT2D eigenvalue weighted by Gasteiger charge is -2.08. The van der Waals surface area contributed by atoms with Crippen molar-refractivity contribution in [1.82, 2.24) is 19.7 Å². The van der Waals surface area contributed by atoms with Gasteiger partial charge in [-0.15, -0.1) is 10.2 Å². The molecule has 0 aliphatic heterocycles. The molecule has 11 heteroatoms. The van der Waals surface area contributed by atoms with Gasteiger partial charge in [-0.3, -0.25) is 0 Å². The Labute approximate surface area is 179 Å². The summed E-state index contributed by atoms with van der Waals surface area (Å²) in [6, 6.07) is 4.87. The molecular formula is C18H26N6O2S3. The lowest BCUT2D eigenvalue weighted by molar-refractivity contribution is 0.598. The fourth-order valence-corrected chi connectivity index (χ4v) is 5.11. The van der Waals surface area contributed by atoms with Gasteiger partial charge in [0.1, 0.15) is 5.82 Å². The normalized spacial score (nSPS) is 12.0. The molecule has 0 bridgehead atoms. The summed E-state index contributed by atoms with van der Waals surface area (Å²) in [5.74, 6) is 1.52. The minimum atomic E-state index is -3.76. The number of hydrogen-bond donors (Lipinski definition) is 2. The third kappa shape index (κ3) is 5.68. The summed E-state index contributed by atoms with van der Waals surface area (Å²) in [7, 11) is -3.76. The van der Waals surface area contributed by atoms with E-state index in [0.29, 0.717) is 11.3 Å². The number of unbranched alkanes of at least 4 members (excludes halogenated alkanes) is 2. The number of thioether (sulfide) groups is 1. The van der Waals surface area contributed by atoms with Crippen molar-refractivity contribution in [2.75, 3.05) is 11.9 Å². The van der Waals surface area contributed by atoms with Gasteiger partial charge in [-0.25, -0.2) is 18.5 Å². The fraction of sp³-hybridized carbons (Fsp3) is 0.500. The van der Waals surface area contributed by atoms with Gasteiger partial charge in [-0.05, 0) is 31.0 Å². The maximum absolute atomic E-state index is 11.7. The number of nitrogens with zero attached hydrogens (tertiary/aromatic N) is 4. The number of fused-ring (bicyclic) bond motifs is 1. The Balaban J connectivity index is 1.80. The second-order valence-electron chi connectivity index (χ2n) is 6.67. The second-order valence-corrected chi connectivity index (χ2v) is 10.4. The molecule has 2 aromatic heterocycles. The molecule has 0 fully saturated rings. The van der Waals surface area contributed by atoms with Crippen molar-refractivity contribution >= 4 is 49.3 Å². The Morgan fingerprint density at radius 1 is 1.21 bits per heavy atom. The van der Waals surface area contributed by atoms with Crippen molar-refractivity contribution in [3.05, 3.63) is 24.0 Å². The van der Waals surface area contributed by atoms with Crippen LogP contribution in [0.3, 0.4) is 0 Å². The summed E-state index contributed by atoms with van der Waals surface area (Å²) < 4.78 is 26.4. The van der Waals surface area contributed by atoms with Crippen LogP contribution in [0, 0.1) is 0 Å². The zero-order chi connectivity index (χ0) is 20.9. The van der Waals surface area contributed by atoms with E-state index in [0.717, 1.165) is 59.6 Å². The second kappa shape index (κ2) is 9.88. The maximum atomic E-state index is 11.7. The number of aryl methyl sites for hydroxylation is 1. The van der Waals surface area contributed by atoms with Crippen molar-refractivity contribution in [2.45, 2.75) is 61.1 Å². The predicted octanol–water partition coefficient (Wildman–Crippen LogP) is 3.84. The average Bonchev–Trinajstić information content (AvgIpc) is 3.27. The van der Waals surface area contributed by atoms with Gasteiger partial charge in [0.2, 0.25) is 15.2 Å². The third-order valence-corrected chi connectivity index (χ3v) is 7.32. The van der Waals surface area contributed by atoms with Gasteiger partial charge in [-0.2, -0.15) is 0 Å². The molecule has 0 atom stereocenters. The highest BCUT2D eigenvalue weighted by atomic mass is 32.2. The summed E-state index contributed by atoms with van der Waals surface area (Å²) >= 11 is 3.12. The van der Waals surface area contributed by atoms with Crippen molar-refractivity contribution in [3.63, 3.8) is 0 Å². The van der Waals surface area contributed by atoms with Gasteiger partial charge in [0.15, 0.2) is 4.34 Å². The maximum Gasteiger partial charge on any atom is 0.238 e. The number of aromatic nitrogens is 4. The minimum Gasteiger partial charge on any atom is -0.360 e. The van der Waals surface area contributed by atoms with E-state index >= 15 is 0 Å². The van der Waals surface area contributed by atoms with Crippen LogP contribution in [0.4, 0.5) is 5.13 Å². The highest BCUT2D eigenvalue weighted by Crippen LogP contribution is 2.30. The van der Waals surface area contributed by atoms with Crippen molar-refractivity contribution in [2.24, 2.45) is 5.14 Å². The Morgan fingerprint density at radius 2 is 2.00 bits per heavy atom. The van der Waals surface area contributed by atoms with Gasteiger partial charge in [0.25, 0.3) is 0 Å². The number of imidazole rings is 1. The van der Waals surface area contributed by atoms with E-state index in [9.17, 15) is 8.42 Å². The zero-order valence-corrected chi connectivity index (χ0v) is 19.0. The van der Waals surface area contributed by atoms with E-state index < -0.39 is 10.0 Å². The molecule has 3 aromatic rings. The fourth-order valence-electron chi connectivity index (χ4n) is 2.85. The van der Waals surface area contributed by atoms with E-state index in [4.69, 9.17) is 5.14 Å². The molecule has 3 N–H and O–H groups in total. The van der Waals surface area contributed by atoms with Crippen LogP contribution in [0.2, 0.25) is 0 Å². The summed E-state index contributed by atoms with van der Waals surface area (Å²) in [5.41, 5.74) is 1.56. The molecule has 2 heterocycles. The number of primary sulfonamides is 1. The van der Waals surface area contributed by atoms with E-state index in [-0.39, 0.29) is 4.90 Å². The third-order valence-electron chi connectivity index (χ3n) is 4.40. The van der Waals surface area contributed by atoms with Crippen molar-refractivity contribution < 1.29 is 8.42 Å². The highest BCUT2D eigenvalue weighted by Gasteiger charge is 2.16. The number of nitrogens with two attached hydrogens (primary N) is 1. The largest absolute Gasteiger partial charge is 0.360 e. The number of rotatable bonds is 11. The van der Waals surface area contributed by atoms with Crippen molar-refractivity contribution in [1.29, 1.82) is 0 Å². The molecule has 0 spiro atoms. The number of benzene rings is 1. The zero-order valence-electron chi connectivity index (χ0n) is 16.6. The van der Waals surface area contributed by atoms with Crippen LogP contribution >= 0.6 is 23.1 Å². The van der Waals surface area contributed by atoms with Gasteiger partial charge < -0.3 is 9.88 Å². The molecule has 0 aliphatic rings. The average molecular weight is 455 g/mol. The van der Waals surface area contributed by atoms with Gasteiger partial charge >= 0.3 is 0 Å². The smallest absolute Gasteiger partial charge is 0.238 e. The van der Waals surface area contributed by atoms with Crippen LogP contribution in [0.15, 0.2) is 27.4 Å². The first-order valence-corrected chi connectivity index (χ1v) is 13.0. The van der Waals surface area contributed by atoms with Crippen molar-refractivity contribution in [3.8, 4) is 0 Å². The molecule has 3 rings (SSSR count). The van der Waals surface area contributed by atoms with E-state index in [1.54, 1.807) is 23.9 Å². The summed E-state index contributed by atoms with van der Waals surface area (Å²) in [6.07, 6.45) is 4.31. The molecule has 0 aliphatic carbocycles. The summed E-state index contributed by atoms with van der Waals surface area (Å²) in [4.78, 5) is 4.77. The Morgan fingerprint density at radius 3 is 2.72 bits per heavy atom. The highest BCUT2D eigenvalue weighted by molar-refractivity contribution is 8.00. The molecule has 8 nitrogen and oxygen atoms in total.